The molecular weight excluding hydrogens is 278 g/mol. The fraction of sp³-hybridized carbons (Fsp3) is 0.429. The van der Waals surface area contributed by atoms with Crippen LogP contribution >= 0.6 is 11.6 Å². The van der Waals surface area contributed by atoms with Crippen molar-refractivity contribution in [2.45, 2.75) is 32.4 Å². The molecular formula is C14H18ClN3O2. The summed E-state index contributed by atoms with van der Waals surface area (Å²) in [4.78, 5) is 4.16. The summed E-state index contributed by atoms with van der Waals surface area (Å²) in [6.07, 6.45) is 1.26. The van der Waals surface area contributed by atoms with Crippen molar-refractivity contribution >= 4 is 11.6 Å². The van der Waals surface area contributed by atoms with E-state index in [0.717, 1.165) is 5.82 Å². The van der Waals surface area contributed by atoms with Crippen molar-refractivity contribution in [2.75, 3.05) is 6.61 Å². The maximum atomic E-state index is 10.0. The zero-order chi connectivity index (χ0) is 14.5. The number of hydrogen-bond donors (Lipinski definition) is 1. The fourth-order valence-electron chi connectivity index (χ4n) is 1.87. The van der Waals surface area contributed by atoms with Crippen LogP contribution in [-0.2, 0) is 6.42 Å². The number of benzene rings is 1. The van der Waals surface area contributed by atoms with Gasteiger partial charge in [-0.1, -0.05) is 17.7 Å². The van der Waals surface area contributed by atoms with Crippen LogP contribution in [0.3, 0.4) is 0 Å². The van der Waals surface area contributed by atoms with E-state index < -0.39 is 6.10 Å². The second kappa shape index (κ2) is 6.72. The highest BCUT2D eigenvalue weighted by molar-refractivity contribution is 6.30. The van der Waals surface area contributed by atoms with Crippen LogP contribution < -0.4 is 4.74 Å². The van der Waals surface area contributed by atoms with Crippen LogP contribution in [0.2, 0.25) is 5.02 Å². The van der Waals surface area contributed by atoms with Crippen LogP contribution in [0.1, 0.15) is 25.7 Å². The van der Waals surface area contributed by atoms with Crippen molar-refractivity contribution < 1.29 is 9.84 Å². The number of hydrogen-bond acceptors (Lipinski definition) is 4. The fourth-order valence-corrected chi connectivity index (χ4v) is 2.05. The Morgan fingerprint density at radius 1 is 1.40 bits per heavy atom. The highest BCUT2D eigenvalue weighted by Crippen LogP contribution is 2.17. The molecule has 1 aromatic heterocycles. The topological polar surface area (TPSA) is 60.2 Å². The van der Waals surface area contributed by atoms with Crippen LogP contribution in [-0.4, -0.2) is 32.6 Å². The molecule has 0 aliphatic rings. The molecule has 0 bridgehead atoms. The quantitative estimate of drug-likeness (QED) is 0.889. The number of aromatic nitrogens is 3. The van der Waals surface area contributed by atoms with E-state index in [0.29, 0.717) is 17.2 Å². The molecule has 0 aliphatic carbocycles. The van der Waals surface area contributed by atoms with Crippen molar-refractivity contribution in [1.29, 1.82) is 0 Å². The van der Waals surface area contributed by atoms with E-state index in [1.54, 1.807) is 28.9 Å². The molecule has 0 saturated carbocycles. The third-order valence-electron chi connectivity index (χ3n) is 2.79. The first-order valence-corrected chi connectivity index (χ1v) is 6.89. The standard InChI is InChI=1S/C14H18ClN3O2/c1-10(2)18-14(16-9-17-18)7-12(19)8-20-13-5-3-4-11(15)6-13/h3-6,9-10,12,19H,7-8H2,1-2H3. The average molecular weight is 296 g/mol. The third kappa shape index (κ3) is 3.95. The molecule has 6 heteroatoms. The maximum Gasteiger partial charge on any atom is 0.138 e. The van der Waals surface area contributed by atoms with Crippen molar-refractivity contribution in [2.24, 2.45) is 0 Å². The zero-order valence-corrected chi connectivity index (χ0v) is 12.3. The summed E-state index contributed by atoms with van der Waals surface area (Å²) in [6.45, 7) is 4.23. The van der Waals surface area contributed by atoms with E-state index in [1.165, 1.54) is 6.33 Å². The Morgan fingerprint density at radius 2 is 2.20 bits per heavy atom. The van der Waals surface area contributed by atoms with E-state index in [4.69, 9.17) is 16.3 Å². The Labute approximate surface area is 123 Å². The Balaban J connectivity index is 1.89. The summed E-state index contributed by atoms with van der Waals surface area (Å²) in [7, 11) is 0. The van der Waals surface area contributed by atoms with E-state index >= 15 is 0 Å². The molecule has 1 N–H and O–H groups in total. The normalized spacial score (nSPS) is 12.7. The largest absolute Gasteiger partial charge is 0.491 e. The molecule has 108 valence electrons. The predicted molar refractivity (Wildman–Crippen MR) is 77.1 cm³/mol. The lowest BCUT2D eigenvalue weighted by atomic mass is 10.2. The molecule has 1 unspecified atom stereocenters. The number of nitrogens with zero attached hydrogens (tertiary/aromatic N) is 3. The maximum absolute atomic E-state index is 10.0. The average Bonchev–Trinajstić information content (AvgIpc) is 2.85. The lowest BCUT2D eigenvalue weighted by Gasteiger charge is -2.14. The Kier molecular flexibility index (Phi) is 4.98. The molecule has 0 aliphatic heterocycles. The van der Waals surface area contributed by atoms with Gasteiger partial charge in [0.05, 0.1) is 6.10 Å². The van der Waals surface area contributed by atoms with E-state index in [2.05, 4.69) is 10.1 Å². The third-order valence-corrected chi connectivity index (χ3v) is 3.03. The van der Waals surface area contributed by atoms with Crippen LogP contribution in [0.15, 0.2) is 30.6 Å². The lowest BCUT2D eigenvalue weighted by molar-refractivity contribution is 0.104. The molecule has 5 nitrogen and oxygen atoms in total. The smallest absolute Gasteiger partial charge is 0.138 e. The SMILES string of the molecule is CC(C)n1ncnc1CC(O)COc1cccc(Cl)c1. The molecule has 20 heavy (non-hydrogen) atoms. The minimum Gasteiger partial charge on any atom is -0.491 e. The van der Waals surface area contributed by atoms with Gasteiger partial charge in [-0.3, -0.25) is 0 Å². The van der Waals surface area contributed by atoms with Gasteiger partial charge in [0.2, 0.25) is 0 Å². The van der Waals surface area contributed by atoms with E-state index in [9.17, 15) is 5.11 Å². The van der Waals surface area contributed by atoms with Gasteiger partial charge in [0.25, 0.3) is 0 Å². The van der Waals surface area contributed by atoms with Crippen LogP contribution in [0, 0.1) is 0 Å². The Hall–Kier alpha value is -1.59. The first-order chi connectivity index (χ1) is 9.56. The number of aliphatic hydroxyl groups excluding tert-OH is 1. The van der Waals surface area contributed by atoms with Crippen molar-refractivity contribution in [3.63, 3.8) is 0 Å². The minimum atomic E-state index is -0.643. The number of rotatable bonds is 6. The summed E-state index contributed by atoms with van der Waals surface area (Å²) < 4.78 is 7.30. The van der Waals surface area contributed by atoms with E-state index in [1.807, 2.05) is 13.8 Å². The molecule has 1 heterocycles. The minimum absolute atomic E-state index is 0.186. The second-order valence-electron chi connectivity index (χ2n) is 4.84. The summed E-state index contributed by atoms with van der Waals surface area (Å²) in [6, 6.07) is 7.31. The highest BCUT2D eigenvalue weighted by atomic mass is 35.5. The summed E-state index contributed by atoms with van der Waals surface area (Å²) in [5, 5.41) is 14.8. The van der Waals surface area contributed by atoms with Gasteiger partial charge in [0.15, 0.2) is 0 Å². The summed E-state index contributed by atoms with van der Waals surface area (Å²) >= 11 is 5.87. The number of aliphatic hydroxyl groups is 1. The second-order valence-corrected chi connectivity index (χ2v) is 5.28. The number of ether oxygens (including phenoxy) is 1. The van der Waals surface area contributed by atoms with Crippen molar-refractivity contribution in [3.05, 3.63) is 41.4 Å². The number of halogens is 1. The molecule has 0 saturated heterocycles. The van der Waals surface area contributed by atoms with Gasteiger partial charge in [0.1, 0.15) is 24.5 Å². The molecule has 2 aromatic rings. The summed E-state index contributed by atoms with van der Waals surface area (Å²) in [5.74, 6) is 1.39. The first-order valence-electron chi connectivity index (χ1n) is 6.51. The molecule has 1 aromatic carbocycles. The summed E-state index contributed by atoms with van der Waals surface area (Å²) in [5.41, 5.74) is 0. The Morgan fingerprint density at radius 3 is 2.90 bits per heavy atom. The molecule has 0 radical (unpaired) electrons. The van der Waals surface area contributed by atoms with Crippen LogP contribution in [0.5, 0.6) is 5.75 Å². The van der Waals surface area contributed by atoms with Gasteiger partial charge < -0.3 is 9.84 Å². The molecule has 0 spiro atoms. The van der Waals surface area contributed by atoms with E-state index in [-0.39, 0.29) is 12.6 Å². The van der Waals surface area contributed by atoms with Crippen LogP contribution in [0.25, 0.3) is 0 Å². The molecule has 1 atom stereocenters. The van der Waals surface area contributed by atoms with Gasteiger partial charge in [0, 0.05) is 17.5 Å². The van der Waals surface area contributed by atoms with Gasteiger partial charge in [-0.2, -0.15) is 5.10 Å². The Bertz CT molecular complexity index is 557. The van der Waals surface area contributed by atoms with Gasteiger partial charge in [-0.05, 0) is 32.0 Å². The lowest BCUT2D eigenvalue weighted by Crippen LogP contribution is -2.23. The zero-order valence-electron chi connectivity index (χ0n) is 11.5. The van der Waals surface area contributed by atoms with Crippen molar-refractivity contribution in [3.8, 4) is 5.75 Å². The molecule has 0 fully saturated rings. The van der Waals surface area contributed by atoms with Crippen LogP contribution in [0.4, 0.5) is 0 Å². The van der Waals surface area contributed by atoms with Gasteiger partial charge in [-0.15, -0.1) is 0 Å². The predicted octanol–water partition coefficient (Wildman–Crippen LogP) is 2.49. The van der Waals surface area contributed by atoms with Gasteiger partial charge >= 0.3 is 0 Å². The van der Waals surface area contributed by atoms with Crippen molar-refractivity contribution in [1.82, 2.24) is 14.8 Å². The molecule has 0 amide bonds. The van der Waals surface area contributed by atoms with Gasteiger partial charge in [-0.25, -0.2) is 9.67 Å². The highest BCUT2D eigenvalue weighted by Gasteiger charge is 2.13. The molecule has 2 rings (SSSR count). The monoisotopic (exact) mass is 295 g/mol. The first kappa shape index (κ1) is 14.8.